The lowest BCUT2D eigenvalue weighted by molar-refractivity contribution is 0.371. The Labute approximate surface area is 125 Å². The van der Waals surface area contributed by atoms with Crippen LogP contribution in [0.25, 0.3) is 0 Å². The molecule has 1 aliphatic heterocycles. The SMILES string of the molecule is CCc1cccc(C(C)C)c1N1CC(C)(C)CC1(C)C. The molecule has 0 bridgehead atoms. The molecule has 1 heteroatoms. The van der Waals surface area contributed by atoms with Gasteiger partial charge in [-0.1, -0.05) is 52.8 Å². The third-order valence-corrected chi connectivity index (χ3v) is 4.65. The molecule has 1 aromatic carbocycles. The molecule has 0 saturated carbocycles. The molecule has 1 nitrogen and oxygen atoms in total. The largest absolute Gasteiger partial charge is 0.365 e. The molecule has 2 rings (SSSR count). The summed E-state index contributed by atoms with van der Waals surface area (Å²) in [6.45, 7) is 17.7. The van der Waals surface area contributed by atoms with E-state index in [4.69, 9.17) is 0 Å². The van der Waals surface area contributed by atoms with Gasteiger partial charge < -0.3 is 4.90 Å². The molecule has 0 aromatic heterocycles. The Balaban J connectivity index is 2.57. The second-order valence-corrected chi connectivity index (χ2v) is 8.10. The number of aryl methyl sites for hydroxylation is 1. The van der Waals surface area contributed by atoms with E-state index in [9.17, 15) is 0 Å². The topological polar surface area (TPSA) is 3.24 Å². The average molecular weight is 273 g/mol. The zero-order valence-electron chi connectivity index (χ0n) is 14.4. The van der Waals surface area contributed by atoms with E-state index in [2.05, 4.69) is 71.6 Å². The van der Waals surface area contributed by atoms with Crippen LogP contribution in [-0.4, -0.2) is 12.1 Å². The first-order valence-electron chi connectivity index (χ1n) is 8.07. The maximum Gasteiger partial charge on any atom is 0.0438 e. The lowest BCUT2D eigenvalue weighted by atomic mass is 9.86. The molecule has 0 spiro atoms. The van der Waals surface area contributed by atoms with Gasteiger partial charge in [-0.25, -0.2) is 0 Å². The molecule has 0 radical (unpaired) electrons. The molecule has 0 amide bonds. The lowest BCUT2D eigenvalue weighted by Gasteiger charge is -2.37. The lowest BCUT2D eigenvalue weighted by Crippen LogP contribution is -2.39. The average Bonchev–Trinajstić information content (AvgIpc) is 2.55. The fourth-order valence-corrected chi connectivity index (χ4v) is 4.04. The molecule has 1 saturated heterocycles. The van der Waals surface area contributed by atoms with Gasteiger partial charge in [-0.15, -0.1) is 0 Å². The molecule has 112 valence electrons. The van der Waals surface area contributed by atoms with Gasteiger partial charge in [-0.05, 0) is 49.1 Å². The number of anilines is 1. The van der Waals surface area contributed by atoms with Crippen LogP contribution >= 0.6 is 0 Å². The van der Waals surface area contributed by atoms with Crippen molar-refractivity contribution < 1.29 is 0 Å². The summed E-state index contributed by atoms with van der Waals surface area (Å²) in [7, 11) is 0. The Morgan fingerprint density at radius 1 is 1.15 bits per heavy atom. The number of hydrogen-bond acceptors (Lipinski definition) is 1. The summed E-state index contributed by atoms with van der Waals surface area (Å²) in [4.78, 5) is 2.68. The van der Waals surface area contributed by atoms with Gasteiger partial charge in [-0.3, -0.25) is 0 Å². The van der Waals surface area contributed by atoms with Crippen molar-refractivity contribution in [3.05, 3.63) is 29.3 Å². The van der Waals surface area contributed by atoms with E-state index in [1.165, 1.54) is 23.2 Å². The van der Waals surface area contributed by atoms with Crippen LogP contribution in [-0.2, 0) is 6.42 Å². The van der Waals surface area contributed by atoms with E-state index in [0.717, 1.165) is 13.0 Å². The predicted molar refractivity (Wildman–Crippen MR) is 89.7 cm³/mol. The minimum atomic E-state index is 0.248. The quantitative estimate of drug-likeness (QED) is 0.714. The van der Waals surface area contributed by atoms with Crippen LogP contribution in [0.1, 0.15) is 71.9 Å². The summed E-state index contributed by atoms with van der Waals surface area (Å²) in [6, 6.07) is 6.86. The maximum atomic E-state index is 2.68. The fraction of sp³-hybridized carbons (Fsp3) is 0.684. The van der Waals surface area contributed by atoms with Crippen LogP contribution in [0.15, 0.2) is 18.2 Å². The van der Waals surface area contributed by atoms with Gasteiger partial charge >= 0.3 is 0 Å². The van der Waals surface area contributed by atoms with Crippen LogP contribution in [0.5, 0.6) is 0 Å². The van der Waals surface area contributed by atoms with Crippen LogP contribution in [0.3, 0.4) is 0 Å². The van der Waals surface area contributed by atoms with Gasteiger partial charge in [0.15, 0.2) is 0 Å². The molecule has 1 heterocycles. The Kier molecular flexibility index (Phi) is 3.92. The number of benzene rings is 1. The van der Waals surface area contributed by atoms with Gasteiger partial charge in [0, 0.05) is 17.8 Å². The van der Waals surface area contributed by atoms with Gasteiger partial charge in [0.25, 0.3) is 0 Å². The summed E-state index contributed by atoms with van der Waals surface area (Å²) in [6.07, 6.45) is 2.37. The molecule has 20 heavy (non-hydrogen) atoms. The van der Waals surface area contributed by atoms with Crippen molar-refractivity contribution in [2.45, 2.75) is 72.8 Å². The highest BCUT2D eigenvalue weighted by atomic mass is 15.2. The third-order valence-electron chi connectivity index (χ3n) is 4.65. The molecule has 0 atom stereocenters. The summed E-state index contributed by atoms with van der Waals surface area (Å²) < 4.78 is 0. The second kappa shape index (κ2) is 5.09. The summed E-state index contributed by atoms with van der Waals surface area (Å²) in [5.41, 5.74) is 5.18. The van der Waals surface area contributed by atoms with E-state index in [1.54, 1.807) is 0 Å². The first kappa shape index (κ1) is 15.4. The summed E-state index contributed by atoms with van der Waals surface area (Å²) >= 11 is 0. The van der Waals surface area contributed by atoms with Gasteiger partial charge in [-0.2, -0.15) is 0 Å². The number of para-hydroxylation sites is 1. The fourth-order valence-electron chi connectivity index (χ4n) is 4.04. The molecule has 1 fully saturated rings. The zero-order valence-corrected chi connectivity index (χ0v) is 14.4. The Bertz CT molecular complexity index is 483. The van der Waals surface area contributed by atoms with E-state index >= 15 is 0 Å². The Morgan fingerprint density at radius 2 is 1.80 bits per heavy atom. The molecular weight excluding hydrogens is 242 g/mol. The third kappa shape index (κ3) is 2.73. The van der Waals surface area contributed by atoms with Crippen LogP contribution in [0.2, 0.25) is 0 Å². The van der Waals surface area contributed by atoms with Crippen molar-refractivity contribution in [1.82, 2.24) is 0 Å². The van der Waals surface area contributed by atoms with Crippen molar-refractivity contribution in [3.8, 4) is 0 Å². The minimum Gasteiger partial charge on any atom is -0.365 e. The molecular formula is C19H31N. The van der Waals surface area contributed by atoms with Crippen LogP contribution in [0.4, 0.5) is 5.69 Å². The van der Waals surface area contributed by atoms with Crippen molar-refractivity contribution in [2.75, 3.05) is 11.4 Å². The highest BCUT2D eigenvalue weighted by Crippen LogP contribution is 2.46. The van der Waals surface area contributed by atoms with Crippen LogP contribution in [0, 0.1) is 5.41 Å². The van der Waals surface area contributed by atoms with Gasteiger partial charge in [0.1, 0.15) is 0 Å². The van der Waals surface area contributed by atoms with Gasteiger partial charge in [0.2, 0.25) is 0 Å². The number of hydrogen-bond donors (Lipinski definition) is 0. The second-order valence-electron chi connectivity index (χ2n) is 8.10. The monoisotopic (exact) mass is 273 g/mol. The summed E-state index contributed by atoms with van der Waals surface area (Å²) in [5.74, 6) is 0.580. The van der Waals surface area contributed by atoms with E-state index < -0.39 is 0 Å². The molecule has 1 aliphatic rings. The van der Waals surface area contributed by atoms with E-state index in [1.807, 2.05) is 0 Å². The van der Waals surface area contributed by atoms with Crippen molar-refractivity contribution in [1.29, 1.82) is 0 Å². The minimum absolute atomic E-state index is 0.248. The van der Waals surface area contributed by atoms with Crippen molar-refractivity contribution in [3.63, 3.8) is 0 Å². The van der Waals surface area contributed by atoms with E-state index in [0.29, 0.717) is 11.3 Å². The van der Waals surface area contributed by atoms with Crippen LogP contribution < -0.4 is 4.90 Å². The highest BCUT2D eigenvalue weighted by Gasteiger charge is 2.44. The standard InChI is InChI=1S/C19H31N/c1-8-15-10-9-11-16(14(2)3)17(15)20-13-18(4,5)12-19(20,6)7/h9-11,14H,8,12-13H2,1-7H3. The van der Waals surface area contributed by atoms with Crippen molar-refractivity contribution in [2.24, 2.45) is 5.41 Å². The first-order valence-corrected chi connectivity index (χ1v) is 8.07. The first-order chi connectivity index (χ1) is 9.18. The molecule has 0 N–H and O–H groups in total. The molecule has 0 unspecified atom stereocenters. The predicted octanol–water partition coefficient (Wildman–Crippen LogP) is 5.39. The number of rotatable bonds is 3. The summed E-state index contributed by atoms with van der Waals surface area (Å²) in [5, 5.41) is 0. The maximum absolute atomic E-state index is 2.68. The normalized spacial score (nSPS) is 20.7. The van der Waals surface area contributed by atoms with Gasteiger partial charge in [0.05, 0.1) is 0 Å². The van der Waals surface area contributed by atoms with Crippen molar-refractivity contribution >= 4 is 5.69 Å². The molecule has 0 aliphatic carbocycles. The number of nitrogens with zero attached hydrogens (tertiary/aromatic N) is 1. The Morgan fingerprint density at radius 3 is 2.25 bits per heavy atom. The molecule has 1 aromatic rings. The smallest absolute Gasteiger partial charge is 0.0438 e. The van der Waals surface area contributed by atoms with E-state index in [-0.39, 0.29) is 5.54 Å². The zero-order chi connectivity index (χ0) is 15.1. The highest BCUT2D eigenvalue weighted by molar-refractivity contribution is 5.63. The Hall–Kier alpha value is -0.980.